The van der Waals surface area contributed by atoms with Crippen molar-refractivity contribution in [1.82, 2.24) is 10.9 Å². The third kappa shape index (κ3) is 5.10. The number of hydrogen-bond acceptors (Lipinski definition) is 2. The Bertz CT molecular complexity index is 677. The maximum Gasteiger partial charge on any atom is 0.242 e. The van der Waals surface area contributed by atoms with Gasteiger partial charge in [0.2, 0.25) is 5.91 Å². The Morgan fingerprint density at radius 2 is 1.73 bits per heavy atom. The second-order valence-corrected chi connectivity index (χ2v) is 4.85. The smallest absolute Gasteiger partial charge is 0.242 e. The molecule has 0 aliphatic rings. The molecule has 0 bridgehead atoms. The van der Waals surface area contributed by atoms with E-state index in [9.17, 15) is 13.6 Å². The third-order valence-electron chi connectivity index (χ3n) is 2.67. The van der Waals surface area contributed by atoms with Crippen molar-refractivity contribution in [1.29, 1.82) is 0 Å². The Morgan fingerprint density at radius 3 is 2.41 bits per heavy atom. The van der Waals surface area contributed by atoms with Gasteiger partial charge in [-0.2, -0.15) is 0 Å². The first kappa shape index (κ1) is 15.8. The molecule has 2 aromatic carbocycles. The molecular weight excluding hydrogens is 308 g/mol. The molecule has 2 aromatic rings. The van der Waals surface area contributed by atoms with Crippen LogP contribution in [-0.2, 0) is 11.2 Å². The van der Waals surface area contributed by atoms with E-state index in [0.717, 1.165) is 0 Å². The van der Waals surface area contributed by atoms with E-state index >= 15 is 0 Å². The van der Waals surface area contributed by atoms with Crippen molar-refractivity contribution >= 4 is 28.9 Å². The number of carbonyl (C=O) groups is 1. The Labute approximate surface area is 131 Å². The number of thiocarbonyl (C=S) groups is 1. The van der Waals surface area contributed by atoms with Crippen LogP contribution in [0.3, 0.4) is 0 Å². The number of anilines is 1. The van der Waals surface area contributed by atoms with Crippen LogP contribution in [-0.4, -0.2) is 11.0 Å². The first-order valence-electron chi connectivity index (χ1n) is 6.39. The van der Waals surface area contributed by atoms with Crippen molar-refractivity contribution in [2.75, 3.05) is 5.32 Å². The van der Waals surface area contributed by atoms with Gasteiger partial charge < -0.3 is 5.32 Å². The van der Waals surface area contributed by atoms with Gasteiger partial charge >= 0.3 is 0 Å². The zero-order valence-electron chi connectivity index (χ0n) is 11.4. The first-order chi connectivity index (χ1) is 10.5. The number of hydrogen-bond donors (Lipinski definition) is 3. The summed E-state index contributed by atoms with van der Waals surface area (Å²) >= 11 is 4.98. The molecule has 0 saturated heterocycles. The molecule has 22 heavy (non-hydrogen) atoms. The first-order valence-corrected chi connectivity index (χ1v) is 6.79. The largest absolute Gasteiger partial charge is 0.331 e. The number of carbonyl (C=O) groups excluding carboxylic acids is 1. The fourth-order valence-electron chi connectivity index (χ4n) is 1.70. The molecule has 4 nitrogen and oxygen atoms in total. The maximum absolute atomic E-state index is 13.0. The molecule has 0 fully saturated rings. The summed E-state index contributed by atoms with van der Waals surface area (Å²) < 4.78 is 25.8. The predicted molar refractivity (Wildman–Crippen MR) is 84.0 cm³/mol. The predicted octanol–water partition coefficient (Wildman–Crippen LogP) is 2.53. The summed E-state index contributed by atoms with van der Waals surface area (Å²) in [6.45, 7) is 0. The van der Waals surface area contributed by atoms with Gasteiger partial charge in [0.05, 0.1) is 6.42 Å². The van der Waals surface area contributed by atoms with Crippen LogP contribution in [0, 0.1) is 11.6 Å². The van der Waals surface area contributed by atoms with Crippen LogP contribution in [0.5, 0.6) is 0 Å². The molecule has 1 amide bonds. The lowest BCUT2D eigenvalue weighted by Gasteiger charge is -2.11. The van der Waals surface area contributed by atoms with Crippen LogP contribution >= 0.6 is 12.2 Å². The van der Waals surface area contributed by atoms with Gasteiger partial charge in [0, 0.05) is 5.69 Å². The van der Waals surface area contributed by atoms with Gasteiger partial charge in [0.1, 0.15) is 11.6 Å². The van der Waals surface area contributed by atoms with Gasteiger partial charge in [-0.15, -0.1) is 0 Å². The van der Waals surface area contributed by atoms with Crippen molar-refractivity contribution < 1.29 is 13.6 Å². The van der Waals surface area contributed by atoms with Crippen LogP contribution < -0.4 is 16.2 Å². The van der Waals surface area contributed by atoms with Gasteiger partial charge in [0.15, 0.2) is 5.11 Å². The van der Waals surface area contributed by atoms with Crippen molar-refractivity contribution in [3.8, 4) is 0 Å². The molecule has 0 aliphatic carbocycles. The molecule has 3 N–H and O–H groups in total. The fraction of sp³-hybridized carbons (Fsp3) is 0.0667. The fourth-order valence-corrected chi connectivity index (χ4v) is 1.87. The van der Waals surface area contributed by atoms with Crippen LogP contribution in [0.1, 0.15) is 5.56 Å². The van der Waals surface area contributed by atoms with E-state index in [4.69, 9.17) is 12.2 Å². The zero-order chi connectivity index (χ0) is 15.9. The van der Waals surface area contributed by atoms with Gasteiger partial charge in [0.25, 0.3) is 0 Å². The van der Waals surface area contributed by atoms with Gasteiger partial charge in [-0.25, -0.2) is 8.78 Å². The molecule has 0 saturated carbocycles. The highest BCUT2D eigenvalue weighted by atomic mass is 32.1. The molecule has 0 atom stereocenters. The summed E-state index contributed by atoms with van der Waals surface area (Å²) in [5.41, 5.74) is 6.04. The number of halogens is 2. The van der Waals surface area contributed by atoms with Gasteiger partial charge in [-0.3, -0.25) is 15.6 Å². The van der Waals surface area contributed by atoms with Crippen LogP contribution in [0.25, 0.3) is 0 Å². The van der Waals surface area contributed by atoms with Crippen LogP contribution in [0.4, 0.5) is 14.5 Å². The minimum Gasteiger partial charge on any atom is -0.331 e. The Hall–Kier alpha value is -2.54. The van der Waals surface area contributed by atoms with E-state index in [2.05, 4.69) is 16.2 Å². The minimum atomic E-state index is -0.397. The average molecular weight is 321 g/mol. The van der Waals surface area contributed by atoms with Crippen molar-refractivity contribution in [3.05, 3.63) is 65.7 Å². The highest BCUT2D eigenvalue weighted by molar-refractivity contribution is 7.80. The molecule has 0 aliphatic heterocycles. The Balaban J connectivity index is 1.78. The lowest BCUT2D eigenvalue weighted by Crippen LogP contribution is -2.44. The van der Waals surface area contributed by atoms with E-state index in [0.29, 0.717) is 11.3 Å². The van der Waals surface area contributed by atoms with Crippen molar-refractivity contribution in [2.24, 2.45) is 0 Å². The molecule has 0 aromatic heterocycles. The summed E-state index contributed by atoms with van der Waals surface area (Å²) in [6, 6.07) is 11.4. The number of amides is 1. The van der Waals surface area contributed by atoms with E-state index in [-0.39, 0.29) is 23.3 Å². The van der Waals surface area contributed by atoms with Crippen LogP contribution in [0.15, 0.2) is 48.5 Å². The van der Waals surface area contributed by atoms with Crippen molar-refractivity contribution in [2.45, 2.75) is 6.42 Å². The molecule has 0 heterocycles. The molecule has 0 unspecified atom stereocenters. The highest BCUT2D eigenvalue weighted by Crippen LogP contribution is 2.07. The zero-order valence-corrected chi connectivity index (χ0v) is 12.2. The number of hydrazine groups is 1. The summed E-state index contributed by atoms with van der Waals surface area (Å²) in [7, 11) is 0. The number of nitrogens with one attached hydrogen (secondary N) is 3. The summed E-state index contributed by atoms with van der Waals surface area (Å²) in [5, 5.41) is 2.93. The van der Waals surface area contributed by atoms with E-state index in [1.807, 2.05) is 0 Å². The summed E-state index contributed by atoms with van der Waals surface area (Å²) in [6.07, 6.45) is 0.0178. The minimum absolute atomic E-state index is 0.0178. The van der Waals surface area contributed by atoms with Crippen LogP contribution in [0.2, 0.25) is 0 Å². The number of rotatable bonds is 3. The molecule has 2 rings (SSSR count). The standard InChI is InChI=1S/C15H13F2N3OS/c16-11-4-6-13(7-5-11)18-15(22)20-19-14(21)9-10-2-1-3-12(17)8-10/h1-8H,9H2,(H,19,21)(H2,18,20,22). The monoisotopic (exact) mass is 321 g/mol. The second kappa shape index (κ2) is 7.46. The molecule has 0 radical (unpaired) electrons. The average Bonchev–Trinajstić information content (AvgIpc) is 2.48. The Morgan fingerprint density at radius 1 is 1.00 bits per heavy atom. The molecule has 7 heteroatoms. The van der Waals surface area contributed by atoms with Crippen molar-refractivity contribution in [3.63, 3.8) is 0 Å². The SMILES string of the molecule is O=C(Cc1cccc(F)c1)NNC(=S)Nc1ccc(F)cc1. The second-order valence-electron chi connectivity index (χ2n) is 4.44. The topological polar surface area (TPSA) is 53.2 Å². The normalized spacial score (nSPS) is 9.91. The highest BCUT2D eigenvalue weighted by Gasteiger charge is 2.05. The third-order valence-corrected chi connectivity index (χ3v) is 2.88. The summed E-state index contributed by atoms with van der Waals surface area (Å²) in [5.74, 6) is -1.12. The lowest BCUT2D eigenvalue weighted by molar-refractivity contribution is -0.120. The molecule has 114 valence electrons. The van der Waals surface area contributed by atoms with Gasteiger partial charge in [-0.05, 0) is 54.2 Å². The van der Waals surface area contributed by atoms with E-state index in [1.54, 1.807) is 6.07 Å². The van der Waals surface area contributed by atoms with E-state index < -0.39 is 5.82 Å². The lowest BCUT2D eigenvalue weighted by atomic mass is 10.1. The quantitative estimate of drug-likeness (QED) is 0.601. The maximum atomic E-state index is 13.0. The summed E-state index contributed by atoms with van der Waals surface area (Å²) in [4.78, 5) is 11.7. The van der Waals surface area contributed by atoms with E-state index in [1.165, 1.54) is 42.5 Å². The molecular formula is C15H13F2N3OS. The Kier molecular flexibility index (Phi) is 5.37. The molecule has 0 spiro atoms. The number of benzene rings is 2. The van der Waals surface area contributed by atoms with Gasteiger partial charge in [-0.1, -0.05) is 12.1 Å².